The van der Waals surface area contributed by atoms with Gasteiger partial charge in [-0.1, -0.05) is 42.5 Å². The molecule has 2 heterocycles. The third kappa shape index (κ3) is 8.43. The summed E-state index contributed by atoms with van der Waals surface area (Å²) in [6, 6.07) is 19.1. The molecular weight excluding hydrogens is 487 g/mol. The summed E-state index contributed by atoms with van der Waals surface area (Å²) >= 11 is 0. The Balaban J connectivity index is 1.46. The average Bonchev–Trinajstić information content (AvgIpc) is 3.35. The summed E-state index contributed by atoms with van der Waals surface area (Å²) in [4.78, 5) is 32.3. The van der Waals surface area contributed by atoms with Crippen LogP contribution < -0.4 is 5.32 Å². The Morgan fingerprint density at radius 1 is 0.921 bits per heavy atom. The highest BCUT2D eigenvalue weighted by molar-refractivity contribution is 5.84. The van der Waals surface area contributed by atoms with Crippen molar-refractivity contribution in [2.24, 2.45) is 0 Å². The van der Waals surface area contributed by atoms with E-state index in [1.807, 2.05) is 49.4 Å². The van der Waals surface area contributed by atoms with Crippen molar-refractivity contribution >= 4 is 11.9 Å². The van der Waals surface area contributed by atoms with Crippen LogP contribution in [0.1, 0.15) is 22.6 Å². The highest BCUT2D eigenvalue weighted by Gasteiger charge is 2.24. The van der Waals surface area contributed by atoms with Gasteiger partial charge in [0, 0.05) is 39.3 Å². The molecule has 8 nitrogen and oxygen atoms in total. The largest absolute Gasteiger partial charge is 0.464 e. The highest BCUT2D eigenvalue weighted by atomic mass is 19.1. The van der Waals surface area contributed by atoms with Gasteiger partial charge in [0.2, 0.25) is 5.91 Å². The Morgan fingerprint density at radius 3 is 2.34 bits per heavy atom. The summed E-state index contributed by atoms with van der Waals surface area (Å²) in [5, 5.41) is 2.95. The van der Waals surface area contributed by atoms with Crippen LogP contribution in [0.4, 0.5) is 9.18 Å². The van der Waals surface area contributed by atoms with Crippen LogP contribution in [-0.2, 0) is 29.2 Å². The number of hydrogen-bond acceptors (Lipinski definition) is 5. The van der Waals surface area contributed by atoms with E-state index in [0.717, 1.165) is 30.0 Å². The van der Waals surface area contributed by atoms with Crippen molar-refractivity contribution in [3.8, 4) is 0 Å². The molecule has 0 unspecified atom stereocenters. The number of aryl methyl sites for hydroxylation is 1. The minimum Gasteiger partial charge on any atom is -0.464 e. The Labute approximate surface area is 223 Å². The van der Waals surface area contributed by atoms with Crippen LogP contribution in [0.2, 0.25) is 0 Å². The van der Waals surface area contributed by atoms with Crippen LogP contribution in [0.15, 0.2) is 71.1 Å². The van der Waals surface area contributed by atoms with Crippen molar-refractivity contribution in [1.29, 1.82) is 0 Å². The molecular formula is C29H35FN4O4. The molecule has 9 heteroatoms. The third-order valence-corrected chi connectivity index (χ3v) is 6.47. The molecule has 1 aliphatic rings. The third-order valence-electron chi connectivity index (χ3n) is 6.47. The van der Waals surface area contributed by atoms with E-state index in [1.54, 1.807) is 21.9 Å². The molecule has 2 aromatic carbocycles. The summed E-state index contributed by atoms with van der Waals surface area (Å²) in [5.74, 6) is 0.839. The molecule has 38 heavy (non-hydrogen) atoms. The van der Waals surface area contributed by atoms with Crippen molar-refractivity contribution in [3.05, 3.63) is 95.2 Å². The Morgan fingerprint density at radius 2 is 1.66 bits per heavy atom. The summed E-state index contributed by atoms with van der Waals surface area (Å²) in [6.45, 7) is 6.58. The first-order valence-electron chi connectivity index (χ1n) is 12.9. The molecule has 0 atom stereocenters. The Hall–Kier alpha value is -3.69. The fourth-order valence-corrected chi connectivity index (χ4v) is 4.29. The van der Waals surface area contributed by atoms with Gasteiger partial charge in [0.25, 0.3) is 0 Å². The number of rotatable bonds is 11. The van der Waals surface area contributed by atoms with E-state index in [1.165, 1.54) is 12.1 Å². The molecule has 1 fully saturated rings. The fraction of sp³-hybridized carbons (Fsp3) is 0.379. The highest BCUT2D eigenvalue weighted by Crippen LogP contribution is 2.14. The van der Waals surface area contributed by atoms with Crippen molar-refractivity contribution in [3.63, 3.8) is 0 Å². The van der Waals surface area contributed by atoms with Gasteiger partial charge in [0.15, 0.2) is 0 Å². The van der Waals surface area contributed by atoms with Crippen molar-refractivity contribution in [2.45, 2.75) is 26.6 Å². The van der Waals surface area contributed by atoms with E-state index in [-0.39, 0.29) is 37.4 Å². The first-order valence-corrected chi connectivity index (χ1v) is 12.9. The van der Waals surface area contributed by atoms with Gasteiger partial charge in [-0.05, 0) is 42.3 Å². The molecule has 0 aliphatic carbocycles. The number of amides is 3. The topological polar surface area (TPSA) is 78.3 Å². The van der Waals surface area contributed by atoms with Gasteiger partial charge in [0.05, 0.1) is 19.8 Å². The molecule has 1 saturated heterocycles. The lowest BCUT2D eigenvalue weighted by Crippen LogP contribution is -2.49. The molecule has 202 valence electrons. The van der Waals surface area contributed by atoms with Crippen LogP contribution in [0.3, 0.4) is 0 Å². The minimum atomic E-state index is -0.335. The summed E-state index contributed by atoms with van der Waals surface area (Å²) in [7, 11) is 0. The molecule has 1 aromatic heterocycles. The molecule has 0 spiro atoms. The molecule has 0 saturated carbocycles. The lowest BCUT2D eigenvalue weighted by Gasteiger charge is -2.31. The van der Waals surface area contributed by atoms with Gasteiger partial charge in [-0.2, -0.15) is 0 Å². The van der Waals surface area contributed by atoms with E-state index in [4.69, 9.17) is 9.15 Å². The van der Waals surface area contributed by atoms with Crippen LogP contribution in [0.5, 0.6) is 0 Å². The standard InChI is InChI=1S/C29H35FN4O4/c1-23-7-12-27(38-23)21-34(20-25-8-10-26(30)11-9-25)28(35)22-33(14-13-32-15-17-37-18-16-32)29(36)31-19-24-5-3-2-4-6-24/h2-12H,13-22H2,1H3,(H,31,36). The van der Waals surface area contributed by atoms with Crippen LogP contribution in [0, 0.1) is 12.7 Å². The summed E-state index contributed by atoms with van der Waals surface area (Å²) in [5.41, 5.74) is 1.77. The second-order valence-electron chi connectivity index (χ2n) is 9.41. The van der Waals surface area contributed by atoms with Crippen LogP contribution in [-0.4, -0.2) is 72.6 Å². The van der Waals surface area contributed by atoms with E-state index < -0.39 is 0 Å². The predicted molar refractivity (Wildman–Crippen MR) is 142 cm³/mol. The van der Waals surface area contributed by atoms with Crippen LogP contribution in [0.25, 0.3) is 0 Å². The summed E-state index contributed by atoms with van der Waals surface area (Å²) in [6.07, 6.45) is 0. The zero-order chi connectivity index (χ0) is 26.7. The molecule has 3 amide bonds. The number of hydrogen-bond donors (Lipinski definition) is 1. The molecule has 0 radical (unpaired) electrons. The number of nitrogens with one attached hydrogen (secondary N) is 1. The number of nitrogens with zero attached hydrogens (tertiary/aromatic N) is 3. The van der Waals surface area contributed by atoms with Crippen molar-refractivity contribution < 1.29 is 23.1 Å². The number of halogens is 1. The SMILES string of the molecule is Cc1ccc(CN(Cc2ccc(F)cc2)C(=O)CN(CCN2CCOCC2)C(=O)NCc2ccccc2)o1. The number of furan rings is 1. The van der Waals surface area contributed by atoms with Crippen LogP contribution >= 0.6 is 0 Å². The number of morpholine rings is 1. The monoisotopic (exact) mass is 522 g/mol. The maximum Gasteiger partial charge on any atom is 0.318 e. The molecule has 3 aromatic rings. The average molecular weight is 523 g/mol. The molecule has 4 rings (SSSR count). The Kier molecular flexibility index (Phi) is 9.89. The number of carbonyl (C=O) groups excluding carboxylic acids is 2. The Bertz CT molecular complexity index is 1160. The maximum absolute atomic E-state index is 13.6. The number of ether oxygens (including phenoxy) is 1. The van der Waals surface area contributed by atoms with Gasteiger partial charge in [-0.3, -0.25) is 9.69 Å². The van der Waals surface area contributed by atoms with E-state index in [9.17, 15) is 14.0 Å². The van der Waals surface area contributed by atoms with Crippen molar-refractivity contribution in [2.75, 3.05) is 45.9 Å². The first-order chi connectivity index (χ1) is 18.5. The lowest BCUT2D eigenvalue weighted by molar-refractivity contribution is -0.133. The zero-order valence-electron chi connectivity index (χ0n) is 21.8. The van der Waals surface area contributed by atoms with Crippen molar-refractivity contribution in [1.82, 2.24) is 20.0 Å². The predicted octanol–water partition coefficient (Wildman–Crippen LogP) is 3.80. The van der Waals surface area contributed by atoms with Gasteiger partial charge >= 0.3 is 6.03 Å². The molecule has 0 bridgehead atoms. The second kappa shape index (κ2) is 13.7. The van der Waals surface area contributed by atoms with Gasteiger partial charge in [0.1, 0.15) is 23.9 Å². The zero-order valence-corrected chi connectivity index (χ0v) is 21.8. The van der Waals surface area contributed by atoms with Gasteiger partial charge in [-0.15, -0.1) is 0 Å². The lowest BCUT2D eigenvalue weighted by atomic mass is 10.2. The second-order valence-corrected chi connectivity index (χ2v) is 9.41. The fourth-order valence-electron chi connectivity index (χ4n) is 4.29. The quantitative estimate of drug-likeness (QED) is 0.415. The number of benzene rings is 2. The first kappa shape index (κ1) is 27.3. The summed E-state index contributed by atoms with van der Waals surface area (Å²) < 4.78 is 24.6. The number of carbonyl (C=O) groups is 2. The minimum absolute atomic E-state index is 0.0914. The maximum atomic E-state index is 13.6. The van der Waals surface area contributed by atoms with Gasteiger partial charge in [-0.25, -0.2) is 9.18 Å². The number of urea groups is 1. The van der Waals surface area contributed by atoms with E-state index in [0.29, 0.717) is 38.6 Å². The van der Waals surface area contributed by atoms with Gasteiger partial charge < -0.3 is 24.3 Å². The molecule has 1 N–H and O–H groups in total. The molecule has 1 aliphatic heterocycles. The smallest absolute Gasteiger partial charge is 0.318 e. The van der Waals surface area contributed by atoms with E-state index >= 15 is 0 Å². The van der Waals surface area contributed by atoms with E-state index in [2.05, 4.69) is 10.2 Å². The normalized spacial score (nSPS) is 13.7.